The van der Waals surface area contributed by atoms with Gasteiger partial charge in [-0.2, -0.15) is 0 Å². The number of benzene rings is 2. The van der Waals surface area contributed by atoms with Gasteiger partial charge in [0.1, 0.15) is 0 Å². The Balaban J connectivity index is 2.09. The van der Waals surface area contributed by atoms with Crippen molar-refractivity contribution in [1.82, 2.24) is 5.32 Å². The molecule has 0 unspecified atom stereocenters. The molecule has 0 aliphatic rings. The fourth-order valence-corrected chi connectivity index (χ4v) is 2.99. The van der Waals surface area contributed by atoms with Crippen LogP contribution in [0.15, 0.2) is 36.4 Å². The van der Waals surface area contributed by atoms with Crippen molar-refractivity contribution < 1.29 is 27.4 Å². The van der Waals surface area contributed by atoms with E-state index in [1.165, 1.54) is 45.6 Å². The van der Waals surface area contributed by atoms with Crippen LogP contribution in [0.5, 0.6) is 17.2 Å². The van der Waals surface area contributed by atoms with Crippen LogP contribution >= 0.6 is 0 Å². The highest BCUT2D eigenvalue weighted by atomic mass is 32.2. The molecule has 2 aromatic carbocycles. The van der Waals surface area contributed by atoms with Crippen molar-refractivity contribution in [3.63, 3.8) is 0 Å². The third kappa shape index (κ3) is 5.52. The van der Waals surface area contributed by atoms with Crippen LogP contribution in [-0.2, 0) is 16.6 Å². The summed E-state index contributed by atoms with van der Waals surface area (Å²) in [7, 11) is 1.20. The minimum atomic E-state index is -3.36. The SMILES string of the molecule is COc1cc(CNC(=O)c2ccc(NS(C)(=O)=O)cc2)cc(OC)c1OC. The number of hydrogen-bond acceptors (Lipinski definition) is 6. The smallest absolute Gasteiger partial charge is 0.251 e. The van der Waals surface area contributed by atoms with E-state index < -0.39 is 10.0 Å². The Labute approximate surface area is 158 Å². The van der Waals surface area contributed by atoms with Crippen LogP contribution in [0, 0.1) is 0 Å². The monoisotopic (exact) mass is 394 g/mol. The van der Waals surface area contributed by atoms with E-state index in [-0.39, 0.29) is 12.5 Å². The number of sulfonamides is 1. The number of anilines is 1. The summed E-state index contributed by atoms with van der Waals surface area (Å²) in [4.78, 5) is 12.3. The summed E-state index contributed by atoms with van der Waals surface area (Å²) in [6.45, 7) is 0.249. The Morgan fingerprint density at radius 3 is 1.96 bits per heavy atom. The van der Waals surface area contributed by atoms with Crippen LogP contribution in [0.2, 0.25) is 0 Å². The topological polar surface area (TPSA) is 103 Å². The molecule has 146 valence electrons. The van der Waals surface area contributed by atoms with E-state index in [4.69, 9.17) is 14.2 Å². The van der Waals surface area contributed by atoms with Crippen LogP contribution in [0.25, 0.3) is 0 Å². The van der Waals surface area contributed by atoms with E-state index >= 15 is 0 Å². The number of amides is 1. The maximum Gasteiger partial charge on any atom is 0.251 e. The highest BCUT2D eigenvalue weighted by Gasteiger charge is 2.14. The summed E-state index contributed by atoms with van der Waals surface area (Å²) >= 11 is 0. The minimum absolute atomic E-state index is 0.249. The van der Waals surface area contributed by atoms with Crippen molar-refractivity contribution in [3.05, 3.63) is 47.5 Å². The van der Waals surface area contributed by atoms with Gasteiger partial charge in [-0.3, -0.25) is 9.52 Å². The second kappa shape index (κ2) is 8.63. The van der Waals surface area contributed by atoms with Gasteiger partial charge in [-0.1, -0.05) is 0 Å². The van der Waals surface area contributed by atoms with Crippen molar-refractivity contribution >= 4 is 21.6 Å². The van der Waals surface area contributed by atoms with E-state index in [1.807, 2.05) is 0 Å². The van der Waals surface area contributed by atoms with Crippen LogP contribution in [0.1, 0.15) is 15.9 Å². The number of carbonyl (C=O) groups excluding carboxylic acids is 1. The van der Waals surface area contributed by atoms with Gasteiger partial charge in [-0.05, 0) is 42.0 Å². The van der Waals surface area contributed by atoms with Gasteiger partial charge in [-0.25, -0.2) is 8.42 Å². The average molecular weight is 394 g/mol. The van der Waals surface area contributed by atoms with Crippen LogP contribution in [0.4, 0.5) is 5.69 Å². The Kier molecular flexibility index (Phi) is 6.51. The van der Waals surface area contributed by atoms with Crippen molar-refractivity contribution in [2.24, 2.45) is 0 Å². The predicted molar refractivity (Wildman–Crippen MR) is 102 cm³/mol. The van der Waals surface area contributed by atoms with Gasteiger partial charge in [0.15, 0.2) is 11.5 Å². The molecule has 0 radical (unpaired) electrons. The molecule has 27 heavy (non-hydrogen) atoms. The summed E-state index contributed by atoms with van der Waals surface area (Å²) in [6.07, 6.45) is 1.06. The molecule has 2 aromatic rings. The standard InChI is InChI=1S/C18H22N2O6S/c1-24-15-9-12(10-16(25-2)17(15)26-3)11-19-18(21)13-5-7-14(8-6-13)20-27(4,22)23/h5-10,20H,11H2,1-4H3,(H,19,21). The summed E-state index contributed by atoms with van der Waals surface area (Å²) in [5, 5.41) is 2.79. The fourth-order valence-electron chi connectivity index (χ4n) is 2.43. The molecule has 0 heterocycles. The van der Waals surface area contributed by atoms with Crippen molar-refractivity contribution in [2.75, 3.05) is 32.3 Å². The number of ether oxygens (including phenoxy) is 3. The molecule has 0 aromatic heterocycles. The quantitative estimate of drug-likeness (QED) is 0.710. The minimum Gasteiger partial charge on any atom is -0.493 e. The largest absolute Gasteiger partial charge is 0.493 e. The Morgan fingerprint density at radius 1 is 0.963 bits per heavy atom. The van der Waals surface area contributed by atoms with Crippen molar-refractivity contribution in [2.45, 2.75) is 6.54 Å². The van der Waals surface area contributed by atoms with Gasteiger partial charge in [0.05, 0.1) is 27.6 Å². The molecule has 1 amide bonds. The molecular weight excluding hydrogens is 372 g/mol. The first kappa shape index (κ1) is 20.4. The van der Waals surface area contributed by atoms with Gasteiger partial charge in [0.2, 0.25) is 15.8 Å². The van der Waals surface area contributed by atoms with E-state index in [9.17, 15) is 13.2 Å². The fraction of sp³-hybridized carbons (Fsp3) is 0.278. The van der Waals surface area contributed by atoms with Crippen molar-refractivity contribution in [3.8, 4) is 17.2 Å². The van der Waals surface area contributed by atoms with E-state index in [2.05, 4.69) is 10.0 Å². The molecule has 0 aliphatic heterocycles. The first-order valence-electron chi connectivity index (χ1n) is 7.92. The maximum absolute atomic E-state index is 12.3. The number of nitrogens with one attached hydrogen (secondary N) is 2. The van der Waals surface area contributed by atoms with Gasteiger partial charge in [0.25, 0.3) is 5.91 Å². The molecule has 0 fully saturated rings. The second-order valence-electron chi connectivity index (χ2n) is 5.67. The average Bonchev–Trinajstić information content (AvgIpc) is 2.64. The summed E-state index contributed by atoms with van der Waals surface area (Å²) in [5.41, 5.74) is 1.56. The van der Waals surface area contributed by atoms with Gasteiger partial charge < -0.3 is 19.5 Å². The lowest BCUT2D eigenvalue weighted by Crippen LogP contribution is -2.22. The number of methoxy groups -OCH3 is 3. The summed E-state index contributed by atoms with van der Waals surface area (Å²) < 4.78 is 40.6. The molecule has 2 rings (SSSR count). The first-order valence-corrected chi connectivity index (χ1v) is 9.81. The molecule has 0 spiro atoms. The number of hydrogen-bond donors (Lipinski definition) is 2. The number of rotatable bonds is 8. The first-order chi connectivity index (χ1) is 12.8. The predicted octanol–water partition coefficient (Wildman–Crippen LogP) is 2.01. The molecule has 2 N–H and O–H groups in total. The highest BCUT2D eigenvalue weighted by molar-refractivity contribution is 7.92. The van der Waals surface area contributed by atoms with Crippen LogP contribution in [0.3, 0.4) is 0 Å². The van der Waals surface area contributed by atoms with E-state index in [0.29, 0.717) is 28.5 Å². The zero-order chi connectivity index (χ0) is 20.0. The Hall–Kier alpha value is -2.94. The summed E-state index contributed by atoms with van der Waals surface area (Å²) in [5.74, 6) is 1.17. The molecule has 0 aliphatic carbocycles. The zero-order valence-corrected chi connectivity index (χ0v) is 16.3. The van der Waals surface area contributed by atoms with Crippen molar-refractivity contribution in [1.29, 1.82) is 0 Å². The Bertz CT molecular complexity index is 885. The zero-order valence-electron chi connectivity index (χ0n) is 15.5. The highest BCUT2D eigenvalue weighted by Crippen LogP contribution is 2.38. The summed E-state index contributed by atoms with van der Waals surface area (Å²) in [6, 6.07) is 9.63. The van der Waals surface area contributed by atoms with Crippen LogP contribution in [-0.4, -0.2) is 41.9 Å². The number of carbonyl (C=O) groups is 1. The van der Waals surface area contributed by atoms with Gasteiger partial charge in [0, 0.05) is 17.8 Å². The molecule has 0 atom stereocenters. The third-order valence-corrected chi connectivity index (χ3v) is 4.23. The molecule has 8 nitrogen and oxygen atoms in total. The molecule has 0 saturated carbocycles. The molecule has 9 heteroatoms. The van der Waals surface area contributed by atoms with E-state index in [0.717, 1.165) is 11.8 Å². The normalized spacial score (nSPS) is 10.8. The molecule has 0 saturated heterocycles. The lowest BCUT2D eigenvalue weighted by atomic mass is 10.1. The molecular formula is C18H22N2O6S. The maximum atomic E-state index is 12.3. The Morgan fingerprint density at radius 2 is 1.52 bits per heavy atom. The van der Waals surface area contributed by atoms with Gasteiger partial charge in [-0.15, -0.1) is 0 Å². The van der Waals surface area contributed by atoms with Gasteiger partial charge >= 0.3 is 0 Å². The lowest BCUT2D eigenvalue weighted by molar-refractivity contribution is 0.0951. The third-order valence-electron chi connectivity index (χ3n) is 3.63. The second-order valence-corrected chi connectivity index (χ2v) is 7.42. The molecule has 0 bridgehead atoms. The lowest BCUT2D eigenvalue weighted by Gasteiger charge is -2.14. The van der Waals surface area contributed by atoms with E-state index in [1.54, 1.807) is 12.1 Å². The van der Waals surface area contributed by atoms with Crippen LogP contribution < -0.4 is 24.2 Å².